The molecule has 118 valence electrons. The maximum Gasteiger partial charge on any atom is 0.279 e. The molecule has 4 nitrogen and oxygen atoms in total. The summed E-state index contributed by atoms with van der Waals surface area (Å²) in [6.07, 6.45) is 0. The molecule has 2 aromatic carbocycles. The van der Waals surface area contributed by atoms with Gasteiger partial charge in [0.05, 0.1) is 11.8 Å². The Balaban J connectivity index is 2.16. The van der Waals surface area contributed by atoms with Crippen LogP contribution in [-0.4, -0.2) is 17.6 Å². The maximum atomic E-state index is 12.4. The molecule has 0 aliphatic rings. The standard InChI is InChI=1S/C18H18N2O2S/c1-11-5-8-13(9-6-11)17(21)19-18-20(3)15-14(22-4)10-7-12(2)16(15)23-18/h5-10H,1-4H3. The van der Waals surface area contributed by atoms with Crippen LogP contribution in [0.2, 0.25) is 0 Å². The Labute approximate surface area is 138 Å². The summed E-state index contributed by atoms with van der Waals surface area (Å²) in [5.74, 6) is 0.553. The first-order valence-corrected chi connectivity index (χ1v) is 8.11. The van der Waals surface area contributed by atoms with E-state index >= 15 is 0 Å². The highest BCUT2D eigenvalue weighted by atomic mass is 32.1. The van der Waals surface area contributed by atoms with Gasteiger partial charge in [0.1, 0.15) is 11.3 Å². The Morgan fingerprint density at radius 2 is 1.83 bits per heavy atom. The van der Waals surface area contributed by atoms with E-state index in [0.29, 0.717) is 10.4 Å². The van der Waals surface area contributed by atoms with Gasteiger partial charge in [-0.1, -0.05) is 35.1 Å². The number of amides is 1. The van der Waals surface area contributed by atoms with Crippen LogP contribution in [0.5, 0.6) is 5.75 Å². The van der Waals surface area contributed by atoms with Crippen LogP contribution in [0.25, 0.3) is 10.2 Å². The van der Waals surface area contributed by atoms with Gasteiger partial charge >= 0.3 is 0 Å². The van der Waals surface area contributed by atoms with Crippen LogP contribution in [0, 0.1) is 13.8 Å². The Morgan fingerprint density at radius 1 is 1.13 bits per heavy atom. The highest BCUT2D eigenvalue weighted by molar-refractivity contribution is 7.16. The van der Waals surface area contributed by atoms with Crippen LogP contribution in [0.15, 0.2) is 41.4 Å². The van der Waals surface area contributed by atoms with Gasteiger partial charge < -0.3 is 9.30 Å². The number of hydrogen-bond donors (Lipinski definition) is 0. The second-order valence-corrected chi connectivity index (χ2v) is 6.47. The number of carbonyl (C=O) groups excluding carboxylic acids is 1. The molecule has 0 fully saturated rings. The fourth-order valence-electron chi connectivity index (χ4n) is 2.47. The van der Waals surface area contributed by atoms with Crippen LogP contribution in [0.1, 0.15) is 21.5 Å². The molecular weight excluding hydrogens is 308 g/mol. The molecule has 1 aromatic heterocycles. The number of rotatable bonds is 2. The summed E-state index contributed by atoms with van der Waals surface area (Å²) in [5.41, 5.74) is 3.82. The van der Waals surface area contributed by atoms with Gasteiger partial charge in [-0.25, -0.2) is 0 Å². The number of aryl methyl sites for hydroxylation is 3. The van der Waals surface area contributed by atoms with Gasteiger partial charge in [-0.15, -0.1) is 0 Å². The van der Waals surface area contributed by atoms with Gasteiger partial charge in [-0.05, 0) is 37.6 Å². The molecule has 0 aliphatic carbocycles. The molecule has 3 aromatic rings. The number of thiazole rings is 1. The van der Waals surface area contributed by atoms with Crippen LogP contribution >= 0.6 is 11.3 Å². The fourth-order valence-corrected chi connectivity index (χ4v) is 3.57. The molecule has 0 spiro atoms. The van der Waals surface area contributed by atoms with Crippen molar-refractivity contribution in [1.82, 2.24) is 4.57 Å². The van der Waals surface area contributed by atoms with E-state index in [9.17, 15) is 4.79 Å². The summed E-state index contributed by atoms with van der Waals surface area (Å²) in [7, 11) is 3.55. The minimum absolute atomic E-state index is 0.233. The number of ether oxygens (including phenoxy) is 1. The van der Waals surface area contributed by atoms with Crippen LogP contribution < -0.4 is 9.54 Å². The van der Waals surface area contributed by atoms with E-state index in [0.717, 1.165) is 27.1 Å². The van der Waals surface area contributed by atoms with Crippen molar-refractivity contribution >= 4 is 27.5 Å². The van der Waals surface area contributed by atoms with Gasteiger partial charge in [0.2, 0.25) is 0 Å². The Bertz CT molecular complexity index is 950. The van der Waals surface area contributed by atoms with Crippen LogP contribution in [0.3, 0.4) is 0 Å². The van der Waals surface area contributed by atoms with Gasteiger partial charge in [0, 0.05) is 12.6 Å². The second-order valence-electron chi connectivity index (χ2n) is 5.49. The molecule has 0 aliphatic heterocycles. The normalized spacial score (nSPS) is 11.9. The Kier molecular flexibility index (Phi) is 4.05. The topological polar surface area (TPSA) is 43.6 Å². The van der Waals surface area contributed by atoms with Crippen molar-refractivity contribution in [2.75, 3.05) is 7.11 Å². The molecule has 1 heterocycles. The third-order valence-electron chi connectivity index (χ3n) is 3.82. The third-order valence-corrected chi connectivity index (χ3v) is 5.09. The van der Waals surface area contributed by atoms with E-state index in [1.807, 2.05) is 49.7 Å². The minimum Gasteiger partial charge on any atom is -0.495 e. The number of benzene rings is 2. The summed E-state index contributed by atoms with van der Waals surface area (Å²) in [6, 6.07) is 11.4. The number of methoxy groups -OCH3 is 1. The lowest BCUT2D eigenvalue weighted by Gasteiger charge is -2.05. The molecular formula is C18H18N2O2S. The first kappa shape index (κ1) is 15.5. The number of nitrogens with zero attached hydrogens (tertiary/aromatic N) is 2. The van der Waals surface area contributed by atoms with Crippen molar-refractivity contribution in [2.45, 2.75) is 13.8 Å². The zero-order valence-electron chi connectivity index (χ0n) is 13.6. The van der Waals surface area contributed by atoms with E-state index in [2.05, 4.69) is 4.99 Å². The lowest BCUT2D eigenvalue weighted by Crippen LogP contribution is -2.13. The first-order valence-electron chi connectivity index (χ1n) is 7.30. The summed E-state index contributed by atoms with van der Waals surface area (Å²) in [4.78, 5) is 17.4. The Hall–Kier alpha value is -2.40. The van der Waals surface area contributed by atoms with E-state index in [1.165, 1.54) is 11.3 Å². The van der Waals surface area contributed by atoms with E-state index in [1.54, 1.807) is 19.2 Å². The zero-order valence-corrected chi connectivity index (χ0v) is 14.4. The average molecular weight is 326 g/mol. The van der Waals surface area contributed by atoms with Crippen molar-refractivity contribution in [3.63, 3.8) is 0 Å². The fraction of sp³-hybridized carbons (Fsp3) is 0.222. The van der Waals surface area contributed by atoms with Crippen molar-refractivity contribution in [2.24, 2.45) is 12.0 Å². The van der Waals surface area contributed by atoms with Crippen molar-refractivity contribution < 1.29 is 9.53 Å². The van der Waals surface area contributed by atoms with Gasteiger partial charge in [-0.3, -0.25) is 4.79 Å². The summed E-state index contributed by atoms with van der Waals surface area (Å²) >= 11 is 1.50. The smallest absolute Gasteiger partial charge is 0.279 e. The molecule has 0 atom stereocenters. The van der Waals surface area contributed by atoms with Crippen LogP contribution in [-0.2, 0) is 7.05 Å². The number of aromatic nitrogens is 1. The van der Waals surface area contributed by atoms with Gasteiger partial charge in [0.15, 0.2) is 4.80 Å². The van der Waals surface area contributed by atoms with E-state index in [-0.39, 0.29) is 5.91 Å². The lowest BCUT2D eigenvalue weighted by molar-refractivity contribution is 0.0998. The average Bonchev–Trinajstić information content (AvgIpc) is 2.87. The Morgan fingerprint density at radius 3 is 2.48 bits per heavy atom. The summed E-state index contributed by atoms with van der Waals surface area (Å²) in [6.45, 7) is 4.04. The highest BCUT2D eigenvalue weighted by Gasteiger charge is 2.12. The largest absolute Gasteiger partial charge is 0.495 e. The van der Waals surface area contributed by atoms with Gasteiger partial charge in [0.25, 0.3) is 5.91 Å². The van der Waals surface area contributed by atoms with Gasteiger partial charge in [-0.2, -0.15) is 4.99 Å². The molecule has 0 radical (unpaired) electrons. The summed E-state index contributed by atoms with van der Waals surface area (Å²) < 4.78 is 8.44. The number of carbonyl (C=O) groups is 1. The molecule has 1 amide bonds. The van der Waals surface area contributed by atoms with E-state index < -0.39 is 0 Å². The molecule has 23 heavy (non-hydrogen) atoms. The minimum atomic E-state index is -0.233. The summed E-state index contributed by atoms with van der Waals surface area (Å²) in [5, 5.41) is 0. The predicted octanol–water partition coefficient (Wildman–Crippen LogP) is 3.61. The third kappa shape index (κ3) is 2.80. The molecule has 0 saturated heterocycles. The number of hydrogen-bond acceptors (Lipinski definition) is 3. The van der Waals surface area contributed by atoms with E-state index in [4.69, 9.17) is 4.74 Å². The molecule has 5 heteroatoms. The van der Waals surface area contributed by atoms with Crippen molar-refractivity contribution in [3.05, 3.63) is 57.9 Å². The lowest BCUT2D eigenvalue weighted by atomic mass is 10.1. The maximum absolute atomic E-state index is 12.4. The monoisotopic (exact) mass is 326 g/mol. The molecule has 0 bridgehead atoms. The SMILES string of the molecule is COc1ccc(C)c2sc(=NC(=O)c3ccc(C)cc3)n(C)c12. The zero-order chi connectivity index (χ0) is 16.6. The molecule has 0 saturated carbocycles. The first-order chi connectivity index (χ1) is 11.0. The quantitative estimate of drug-likeness (QED) is 0.722. The molecule has 0 unspecified atom stereocenters. The molecule has 3 rings (SSSR count). The van der Waals surface area contributed by atoms with Crippen molar-refractivity contribution in [3.8, 4) is 5.75 Å². The highest BCUT2D eigenvalue weighted by Crippen LogP contribution is 2.29. The molecule has 0 N–H and O–H groups in total. The van der Waals surface area contributed by atoms with Crippen molar-refractivity contribution in [1.29, 1.82) is 0 Å². The second kappa shape index (κ2) is 6.01. The number of fused-ring (bicyclic) bond motifs is 1. The predicted molar refractivity (Wildman–Crippen MR) is 93.2 cm³/mol. The van der Waals surface area contributed by atoms with Crippen LogP contribution in [0.4, 0.5) is 0 Å².